The molecule has 7 heteroatoms. The number of nitrogens with zero attached hydrogens (tertiary/aromatic N) is 4. The van der Waals surface area contributed by atoms with E-state index < -0.39 is 0 Å². The van der Waals surface area contributed by atoms with Gasteiger partial charge in [0.05, 0.1) is 0 Å². The van der Waals surface area contributed by atoms with Crippen molar-refractivity contribution in [2.24, 2.45) is 0 Å². The normalized spacial score (nSPS) is 14.4. The van der Waals surface area contributed by atoms with Crippen molar-refractivity contribution < 1.29 is 14.1 Å². The van der Waals surface area contributed by atoms with Gasteiger partial charge in [-0.25, -0.2) is 0 Å². The Hall–Kier alpha value is -2.70. The van der Waals surface area contributed by atoms with Gasteiger partial charge in [0.1, 0.15) is 0 Å². The third-order valence-electron chi connectivity index (χ3n) is 5.04. The van der Waals surface area contributed by atoms with Crippen LogP contribution in [0, 0.1) is 0 Å². The molecule has 0 atom stereocenters. The quantitative estimate of drug-likeness (QED) is 0.651. The van der Waals surface area contributed by atoms with Crippen molar-refractivity contribution in [1.29, 1.82) is 0 Å². The number of aromatic nitrogens is 2. The largest absolute Gasteiger partial charge is 0.368 e. The van der Waals surface area contributed by atoms with E-state index >= 15 is 0 Å². The van der Waals surface area contributed by atoms with E-state index in [2.05, 4.69) is 22.0 Å². The zero-order valence-corrected chi connectivity index (χ0v) is 16.7. The standard InChI is InChI=1S/C21H28N4O3/c1-3-5-19-22-20(28-23-19)6-4-7-21(27)25-14-12-24(13-15-25)18-10-8-17(9-11-18)16(2)26/h8-11H,3-7,12-15H2,1-2H3. The van der Waals surface area contributed by atoms with Gasteiger partial charge in [-0.2, -0.15) is 4.98 Å². The molecule has 28 heavy (non-hydrogen) atoms. The summed E-state index contributed by atoms with van der Waals surface area (Å²) < 4.78 is 5.22. The van der Waals surface area contributed by atoms with Gasteiger partial charge < -0.3 is 14.3 Å². The number of rotatable bonds is 8. The maximum absolute atomic E-state index is 12.5. The van der Waals surface area contributed by atoms with Crippen LogP contribution < -0.4 is 4.90 Å². The molecule has 0 bridgehead atoms. The Bertz CT molecular complexity index is 792. The first kappa shape index (κ1) is 20.0. The zero-order chi connectivity index (χ0) is 19.9. The Morgan fingerprint density at radius 3 is 2.43 bits per heavy atom. The molecule has 0 radical (unpaired) electrons. The van der Waals surface area contributed by atoms with E-state index in [9.17, 15) is 9.59 Å². The maximum atomic E-state index is 12.5. The van der Waals surface area contributed by atoms with Crippen molar-refractivity contribution in [2.75, 3.05) is 31.1 Å². The minimum Gasteiger partial charge on any atom is -0.368 e. The minimum atomic E-state index is 0.0732. The number of carbonyl (C=O) groups is 2. The highest BCUT2D eigenvalue weighted by Crippen LogP contribution is 2.18. The lowest BCUT2D eigenvalue weighted by atomic mass is 10.1. The second kappa shape index (κ2) is 9.48. The number of piperazine rings is 1. The van der Waals surface area contributed by atoms with Crippen LogP contribution in [0.25, 0.3) is 0 Å². The second-order valence-corrected chi connectivity index (χ2v) is 7.18. The molecule has 1 saturated heterocycles. The molecule has 2 aromatic rings. The SMILES string of the molecule is CCCc1noc(CCCC(=O)N2CCN(c3ccc(C(C)=O)cc3)CC2)n1. The number of anilines is 1. The van der Waals surface area contributed by atoms with Gasteiger partial charge in [0.15, 0.2) is 11.6 Å². The summed E-state index contributed by atoms with van der Waals surface area (Å²) in [7, 11) is 0. The van der Waals surface area contributed by atoms with Gasteiger partial charge >= 0.3 is 0 Å². The van der Waals surface area contributed by atoms with Gasteiger partial charge in [-0.15, -0.1) is 0 Å². The van der Waals surface area contributed by atoms with E-state index in [1.54, 1.807) is 6.92 Å². The monoisotopic (exact) mass is 384 g/mol. The molecule has 0 N–H and O–H groups in total. The van der Waals surface area contributed by atoms with Crippen molar-refractivity contribution >= 4 is 17.4 Å². The van der Waals surface area contributed by atoms with Crippen LogP contribution in [-0.4, -0.2) is 52.9 Å². The topological polar surface area (TPSA) is 79.5 Å². The van der Waals surface area contributed by atoms with Crippen LogP contribution in [0.2, 0.25) is 0 Å². The smallest absolute Gasteiger partial charge is 0.226 e. The van der Waals surface area contributed by atoms with E-state index in [4.69, 9.17) is 4.52 Å². The molecule has 0 aliphatic carbocycles. The second-order valence-electron chi connectivity index (χ2n) is 7.18. The number of amides is 1. The number of hydrogen-bond acceptors (Lipinski definition) is 6. The van der Waals surface area contributed by atoms with Crippen molar-refractivity contribution in [3.8, 4) is 0 Å². The van der Waals surface area contributed by atoms with Gasteiger partial charge in [0.2, 0.25) is 11.8 Å². The molecule has 1 aliphatic rings. The van der Waals surface area contributed by atoms with Crippen molar-refractivity contribution in [3.63, 3.8) is 0 Å². The fourth-order valence-electron chi connectivity index (χ4n) is 3.39. The van der Waals surface area contributed by atoms with Crippen LogP contribution in [0.15, 0.2) is 28.8 Å². The van der Waals surface area contributed by atoms with Crippen molar-refractivity contribution in [1.82, 2.24) is 15.0 Å². The first-order valence-electron chi connectivity index (χ1n) is 10.0. The van der Waals surface area contributed by atoms with Gasteiger partial charge in [-0.3, -0.25) is 9.59 Å². The number of carbonyl (C=O) groups excluding carboxylic acids is 2. The number of benzene rings is 1. The van der Waals surface area contributed by atoms with Gasteiger partial charge in [-0.1, -0.05) is 12.1 Å². The highest BCUT2D eigenvalue weighted by Gasteiger charge is 2.21. The Morgan fingerprint density at radius 1 is 1.07 bits per heavy atom. The summed E-state index contributed by atoms with van der Waals surface area (Å²) in [5.41, 5.74) is 1.82. The Labute approximate surface area is 165 Å². The number of hydrogen-bond donors (Lipinski definition) is 0. The van der Waals surface area contributed by atoms with Crippen LogP contribution in [-0.2, 0) is 17.6 Å². The average molecular weight is 384 g/mol. The Morgan fingerprint density at radius 2 is 1.79 bits per heavy atom. The molecule has 0 unspecified atom stereocenters. The fourth-order valence-corrected chi connectivity index (χ4v) is 3.39. The molecule has 1 fully saturated rings. The predicted octanol–water partition coefficient (Wildman–Crippen LogP) is 2.90. The number of ketones is 1. The summed E-state index contributed by atoms with van der Waals surface area (Å²) in [5, 5.41) is 3.94. The first-order chi connectivity index (χ1) is 13.6. The van der Waals surface area contributed by atoms with Gasteiger partial charge in [0, 0.05) is 56.7 Å². The summed E-state index contributed by atoms with van der Waals surface area (Å²) in [6.07, 6.45) is 3.68. The first-order valence-corrected chi connectivity index (χ1v) is 10.0. The lowest BCUT2D eigenvalue weighted by Crippen LogP contribution is -2.48. The molecular formula is C21H28N4O3. The van der Waals surface area contributed by atoms with Gasteiger partial charge in [0.25, 0.3) is 0 Å². The summed E-state index contributed by atoms with van der Waals surface area (Å²) in [5.74, 6) is 1.62. The van der Waals surface area contributed by atoms with E-state index in [0.717, 1.165) is 49.4 Å². The minimum absolute atomic E-state index is 0.0732. The Balaban J connectivity index is 1.41. The van der Waals surface area contributed by atoms with Crippen molar-refractivity contribution in [2.45, 2.75) is 46.0 Å². The van der Waals surface area contributed by atoms with Crippen LogP contribution in [0.1, 0.15) is 55.2 Å². The lowest BCUT2D eigenvalue weighted by Gasteiger charge is -2.36. The molecule has 1 amide bonds. The zero-order valence-electron chi connectivity index (χ0n) is 16.7. The highest BCUT2D eigenvalue weighted by molar-refractivity contribution is 5.94. The summed E-state index contributed by atoms with van der Waals surface area (Å²) in [6.45, 7) is 6.69. The van der Waals surface area contributed by atoms with E-state index in [0.29, 0.717) is 31.8 Å². The molecular weight excluding hydrogens is 356 g/mol. The lowest BCUT2D eigenvalue weighted by molar-refractivity contribution is -0.131. The molecule has 0 saturated carbocycles. The predicted molar refractivity (Wildman–Crippen MR) is 106 cm³/mol. The van der Waals surface area contributed by atoms with Crippen LogP contribution >= 0.6 is 0 Å². The molecule has 1 aromatic heterocycles. The molecule has 1 aromatic carbocycles. The average Bonchev–Trinajstić information content (AvgIpc) is 3.16. The summed E-state index contributed by atoms with van der Waals surface area (Å²) >= 11 is 0. The van der Waals surface area contributed by atoms with Crippen LogP contribution in [0.3, 0.4) is 0 Å². The fraction of sp³-hybridized carbons (Fsp3) is 0.524. The molecule has 3 rings (SSSR count). The maximum Gasteiger partial charge on any atom is 0.226 e. The van der Waals surface area contributed by atoms with Crippen LogP contribution in [0.4, 0.5) is 5.69 Å². The van der Waals surface area contributed by atoms with Gasteiger partial charge in [-0.05, 0) is 44.0 Å². The summed E-state index contributed by atoms with van der Waals surface area (Å²) in [6, 6.07) is 7.67. The van der Waals surface area contributed by atoms with E-state index in [1.807, 2.05) is 29.2 Å². The molecule has 7 nitrogen and oxygen atoms in total. The Kier molecular flexibility index (Phi) is 6.79. The third kappa shape index (κ3) is 5.18. The number of Topliss-reactive ketones (excluding diaryl/α,β-unsaturated/α-hetero) is 1. The highest BCUT2D eigenvalue weighted by atomic mass is 16.5. The van der Waals surface area contributed by atoms with Crippen molar-refractivity contribution in [3.05, 3.63) is 41.5 Å². The molecule has 0 spiro atoms. The summed E-state index contributed by atoms with van der Waals surface area (Å²) in [4.78, 5) is 32.4. The molecule has 2 heterocycles. The number of aryl methyl sites for hydroxylation is 2. The third-order valence-corrected chi connectivity index (χ3v) is 5.04. The van der Waals surface area contributed by atoms with Crippen LogP contribution in [0.5, 0.6) is 0 Å². The van der Waals surface area contributed by atoms with E-state index in [-0.39, 0.29) is 11.7 Å². The van der Waals surface area contributed by atoms with E-state index in [1.165, 1.54) is 0 Å². The molecule has 1 aliphatic heterocycles. The molecule has 150 valence electrons.